The molecule has 0 saturated carbocycles. The molecule has 0 bridgehead atoms. The number of likely N-dealkylation sites (tertiary alicyclic amines) is 1. The minimum Gasteiger partial charge on any atom is -0.380 e. The van der Waals surface area contributed by atoms with Crippen molar-refractivity contribution in [1.82, 2.24) is 24.7 Å². The van der Waals surface area contributed by atoms with Crippen molar-refractivity contribution in [1.29, 1.82) is 0 Å². The molecule has 1 amide bonds. The Kier molecular flexibility index (Phi) is 5.55. The quantitative estimate of drug-likeness (QED) is 0.646. The fourth-order valence-electron chi connectivity index (χ4n) is 4.59. The summed E-state index contributed by atoms with van der Waals surface area (Å²) in [5, 5.41) is 14.4. The molecular weight excluding hydrogens is 435 g/mol. The van der Waals surface area contributed by atoms with E-state index in [2.05, 4.69) is 20.6 Å². The first kappa shape index (κ1) is 21.5. The lowest BCUT2D eigenvalue weighted by molar-refractivity contribution is -0.146. The predicted octanol–water partition coefficient (Wildman–Crippen LogP) is 3.07. The third-order valence-corrected chi connectivity index (χ3v) is 6.31. The molecule has 0 spiro atoms. The summed E-state index contributed by atoms with van der Waals surface area (Å²) in [7, 11) is 0. The molecule has 0 aliphatic carbocycles. The number of alkyl halides is 3. The first-order valence-electron chi connectivity index (χ1n) is 11.0. The van der Waals surface area contributed by atoms with Gasteiger partial charge in [0.05, 0.1) is 0 Å². The number of piperidine rings is 1. The molecule has 11 heteroatoms. The number of hydrogen-bond donors (Lipinski definition) is 1. The maximum absolute atomic E-state index is 13.1. The van der Waals surface area contributed by atoms with Crippen molar-refractivity contribution < 1.29 is 18.0 Å². The van der Waals surface area contributed by atoms with E-state index >= 15 is 0 Å². The van der Waals surface area contributed by atoms with Crippen molar-refractivity contribution >= 4 is 23.1 Å². The van der Waals surface area contributed by atoms with Gasteiger partial charge in [0.15, 0.2) is 5.65 Å². The highest BCUT2D eigenvalue weighted by atomic mass is 19.4. The molecule has 8 nitrogen and oxygen atoms in total. The molecule has 1 unspecified atom stereocenters. The second kappa shape index (κ2) is 8.53. The number of halogens is 3. The molecular formula is C22H24F3N7O. The Balaban J connectivity index is 1.19. The Morgan fingerprint density at radius 2 is 1.73 bits per heavy atom. The summed E-state index contributed by atoms with van der Waals surface area (Å²) in [6.45, 7) is 2.52. The van der Waals surface area contributed by atoms with Crippen LogP contribution in [-0.2, 0) is 11.0 Å². The lowest BCUT2D eigenvalue weighted by Crippen LogP contribution is -2.42. The van der Waals surface area contributed by atoms with Crippen LogP contribution in [0.3, 0.4) is 0 Å². The number of para-hydroxylation sites is 1. The third-order valence-electron chi connectivity index (χ3n) is 6.31. The number of nitrogens with one attached hydrogen (secondary N) is 1. The van der Waals surface area contributed by atoms with E-state index in [4.69, 9.17) is 0 Å². The molecule has 4 heterocycles. The molecule has 2 aliphatic rings. The maximum atomic E-state index is 13.1. The van der Waals surface area contributed by atoms with Gasteiger partial charge in [0.25, 0.3) is 5.82 Å². The number of aromatic nitrogens is 4. The number of fused-ring (bicyclic) bond motifs is 1. The number of nitrogens with zero attached hydrogens (tertiary/aromatic N) is 6. The normalized spacial score (nSPS) is 19.9. The van der Waals surface area contributed by atoms with Gasteiger partial charge >= 0.3 is 6.18 Å². The van der Waals surface area contributed by atoms with E-state index in [9.17, 15) is 18.0 Å². The average Bonchev–Trinajstić information content (AvgIpc) is 3.46. The number of carbonyl (C=O) groups excluding carboxylic acids is 1. The van der Waals surface area contributed by atoms with Crippen molar-refractivity contribution in [3.63, 3.8) is 0 Å². The van der Waals surface area contributed by atoms with E-state index < -0.39 is 12.0 Å². The van der Waals surface area contributed by atoms with Crippen LogP contribution in [0.5, 0.6) is 0 Å². The fourth-order valence-corrected chi connectivity index (χ4v) is 4.59. The van der Waals surface area contributed by atoms with Crippen molar-refractivity contribution in [3.8, 4) is 0 Å². The van der Waals surface area contributed by atoms with E-state index in [0.717, 1.165) is 23.2 Å². The molecule has 1 atom stereocenters. The minimum absolute atomic E-state index is 0.0452. The molecule has 2 saturated heterocycles. The van der Waals surface area contributed by atoms with E-state index in [-0.39, 0.29) is 23.5 Å². The van der Waals surface area contributed by atoms with Crippen molar-refractivity contribution in [2.45, 2.75) is 31.5 Å². The van der Waals surface area contributed by atoms with Crippen LogP contribution in [0.25, 0.3) is 5.65 Å². The summed E-state index contributed by atoms with van der Waals surface area (Å²) < 4.78 is 40.2. The van der Waals surface area contributed by atoms with Gasteiger partial charge in [0.1, 0.15) is 5.82 Å². The Morgan fingerprint density at radius 3 is 2.45 bits per heavy atom. The molecule has 0 radical (unpaired) electrons. The average molecular weight is 459 g/mol. The first-order chi connectivity index (χ1) is 15.9. The third kappa shape index (κ3) is 4.44. The topological polar surface area (TPSA) is 78.7 Å². The molecule has 5 rings (SSSR count). The van der Waals surface area contributed by atoms with Gasteiger partial charge in [-0.3, -0.25) is 4.79 Å². The highest BCUT2D eigenvalue weighted by molar-refractivity contribution is 5.79. The number of benzene rings is 1. The highest BCUT2D eigenvalue weighted by Crippen LogP contribution is 2.29. The molecule has 2 aliphatic heterocycles. The SMILES string of the molecule is O=C(C1CCN(c2ccc3nnc(C(F)(F)F)n3n2)CC1)N1CCC(Nc2ccccc2)C1. The number of rotatable bonds is 4. The van der Waals surface area contributed by atoms with Crippen molar-refractivity contribution in [2.24, 2.45) is 5.92 Å². The van der Waals surface area contributed by atoms with Gasteiger partial charge < -0.3 is 15.1 Å². The highest BCUT2D eigenvalue weighted by Gasteiger charge is 2.38. The van der Waals surface area contributed by atoms with E-state index in [1.807, 2.05) is 40.1 Å². The van der Waals surface area contributed by atoms with E-state index in [0.29, 0.717) is 38.3 Å². The number of amides is 1. The van der Waals surface area contributed by atoms with Crippen LogP contribution in [0.2, 0.25) is 0 Å². The molecule has 2 aromatic heterocycles. The van der Waals surface area contributed by atoms with Gasteiger partial charge in [-0.05, 0) is 43.5 Å². The van der Waals surface area contributed by atoms with Gasteiger partial charge in [-0.2, -0.15) is 17.7 Å². The van der Waals surface area contributed by atoms with Gasteiger partial charge in [0, 0.05) is 43.8 Å². The Bertz CT molecular complexity index is 1130. The maximum Gasteiger partial charge on any atom is 0.453 e. The monoisotopic (exact) mass is 459 g/mol. The predicted molar refractivity (Wildman–Crippen MR) is 116 cm³/mol. The Hall–Kier alpha value is -3.37. The zero-order valence-electron chi connectivity index (χ0n) is 17.9. The second-order valence-corrected chi connectivity index (χ2v) is 8.52. The van der Waals surface area contributed by atoms with Gasteiger partial charge in [-0.1, -0.05) is 18.2 Å². The van der Waals surface area contributed by atoms with Gasteiger partial charge in [-0.25, -0.2) is 0 Å². The molecule has 1 aromatic carbocycles. The van der Waals surface area contributed by atoms with E-state index in [1.165, 1.54) is 6.07 Å². The summed E-state index contributed by atoms with van der Waals surface area (Å²) in [6.07, 6.45) is -2.45. The summed E-state index contributed by atoms with van der Waals surface area (Å²) in [6, 6.07) is 13.3. The Labute approximate surface area is 188 Å². The minimum atomic E-state index is -4.63. The van der Waals surface area contributed by atoms with Crippen LogP contribution in [0, 0.1) is 5.92 Å². The second-order valence-electron chi connectivity index (χ2n) is 8.52. The first-order valence-corrected chi connectivity index (χ1v) is 11.0. The fraction of sp³-hybridized carbons (Fsp3) is 0.455. The molecule has 2 fully saturated rings. The van der Waals surface area contributed by atoms with Crippen LogP contribution in [-0.4, -0.2) is 62.8 Å². The Morgan fingerprint density at radius 1 is 0.970 bits per heavy atom. The van der Waals surface area contributed by atoms with Crippen LogP contribution >= 0.6 is 0 Å². The molecule has 174 valence electrons. The number of carbonyl (C=O) groups is 1. The molecule has 33 heavy (non-hydrogen) atoms. The van der Waals surface area contributed by atoms with Crippen LogP contribution < -0.4 is 10.2 Å². The van der Waals surface area contributed by atoms with Gasteiger partial charge in [0.2, 0.25) is 5.91 Å². The van der Waals surface area contributed by atoms with Crippen LogP contribution in [0.4, 0.5) is 24.7 Å². The van der Waals surface area contributed by atoms with Crippen molar-refractivity contribution in [2.75, 3.05) is 36.4 Å². The summed E-state index contributed by atoms with van der Waals surface area (Å²) in [5.41, 5.74) is 1.10. The van der Waals surface area contributed by atoms with Crippen LogP contribution in [0.1, 0.15) is 25.1 Å². The smallest absolute Gasteiger partial charge is 0.380 e. The van der Waals surface area contributed by atoms with Crippen LogP contribution in [0.15, 0.2) is 42.5 Å². The standard InChI is InChI=1S/C22H24F3N7O/c23-22(24,25)21-28-27-18-6-7-19(29-32(18)21)30-11-8-15(9-12-30)20(33)31-13-10-17(14-31)26-16-4-2-1-3-5-16/h1-7,15,17,26H,8-14H2. The largest absolute Gasteiger partial charge is 0.453 e. The van der Waals surface area contributed by atoms with Crippen molar-refractivity contribution in [3.05, 3.63) is 48.3 Å². The summed E-state index contributed by atoms with van der Waals surface area (Å²) in [4.78, 5) is 16.9. The molecule has 3 aromatic rings. The zero-order chi connectivity index (χ0) is 23.0. The molecule has 1 N–H and O–H groups in total. The summed E-state index contributed by atoms with van der Waals surface area (Å²) in [5.74, 6) is -0.640. The summed E-state index contributed by atoms with van der Waals surface area (Å²) >= 11 is 0. The lowest BCUT2D eigenvalue weighted by Gasteiger charge is -2.33. The van der Waals surface area contributed by atoms with E-state index in [1.54, 1.807) is 6.07 Å². The number of hydrogen-bond acceptors (Lipinski definition) is 6. The zero-order valence-corrected chi connectivity index (χ0v) is 17.9. The van der Waals surface area contributed by atoms with Gasteiger partial charge in [-0.15, -0.1) is 15.3 Å². The number of anilines is 2. The lowest BCUT2D eigenvalue weighted by atomic mass is 9.95.